The summed E-state index contributed by atoms with van der Waals surface area (Å²) >= 11 is 6.37. The molecule has 3 aromatic carbocycles. The van der Waals surface area contributed by atoms with E-state index in [9.17, 15) is 23.1 Å². The number of aromatic hydroxyl groups is 1. The molecule has 4 rings (SSSR count). The minimum Gasteiger partial charge on any atom is -0.508 e. The van der Waals surface area contributed by atoms with Crippen LogP contribution in [0.25, 0.3) is 0 Å². The van der Waals surface area contributed by atoms with E-state index in [0.717, 1.165) is 11.4 Å². The Morgan fingerprint density at radius 3 is 2.37 bits per heavy atom. The van der Waals surface area contributed by atoms with Crippen LogP contribution in [-0.4, -0.2) is 49.4 Å². The third-order valence-electron chi connectivity index (χ3n) is 5.91. The van der Waals surface area contributed by atoms with Gasteiger partial charge >= 0.3 is 5.97 Å². The molecule has 10 heteroatoms. The number of para-hydroxylation sites is 1. The Bertz CT molecular complexity index is 1370. The fraction of sp³-hybridized carbons (Fsp3) is 0.200. The van der Waals surface area contributed by atoms with Crippen molar-refractivity contribution in [1.82, 2.24) is 4.31 Å². The molecule has 0 bridgehead atoms. The highest BCUT2D eigenvalue weighted by molar-refractivity contribution is 7.89. The Morgan fingerprint density at radius 2 is 1.71 bits per heavy atom. The van der Waals surface area contributed by atoms with Crippen molar-refractivity contribution in [2.24, 2.45) is 0 Å². The molecule has 8 nitrogen and oxygen atoms in total. The van der Waals surface area contributed by atoms with Gasteiger partial charge in [0.05, 0.1) is 29.1 Å². The number of benzene rings is 3. The summed E-state index contributed by atoms with van der Waals surface area (Å²) in [4.78, 5) is 28.0. The molecule has 1 heterocycles. The van der Waals surface area contributed by atoms with Crippen molar-refractivity contribution in [1.29, 1.82) is 0 Å². The number of methoxy groups -OCH3 is 1. The van der Waals surface area contributed by atoms with Crippen LogP contribution in [0, 0.1) is 6.92 Å². The maximum atomic E-state index is 13.8. The number of rotatable bonds is 4. The molecule has 1 aliphatic rings. The van der Waals surface area contributed by atoms with Crippen molar-refractivity contribution >= 4 is 39.2 Å². The van der Waals surface area contributed by atoms with E-state index in [1.165, 1.54) is 29.2 Å². The maximum Gasteiger partial charge on any atom is 0.326 e. The van der Waals surface area contributed by atoms with Gasteiger partial charge in [-0.05, 0) is 54.4 Å². The molecule has 0 saturated heterocycles. The molecule has 1 N–H and O–H groups in total. The monoisotopic (exact) mass is 514 g/mol. The van der Waals surface area contributed by atoms with Crippen molar-refractivity contribution in [2.75, 3.05) is 18.6 Å². The van der Waals surface area contributed by atoms with E-state index in [-0.39, 0.29) is 34.3 Å². The molecule has 1 unspecified atom stereocenters. The summed E-state index contributed by atoms with van der Waals surface area (Å²) in [5.41, 5.74) is 1.91. The van der Waals surface area contributed by atoms with Gasteiger partial charge in [0.1, 0.15) is 11.8 Å². The molecule has 1 amide bonds. The number of ether oxygens (including phenoxy) is 1. The van der Waals surface area contributed by atoms with Crippen molar-refractivity contribution in [2.45, 2.75) is 24.4 Å². The maximum absolute atomic E-state index is 13.8. The molecule has 1 atom stereocenters. The Hall–Kier alpha value is -3.40. The Kier molecular flexibility index (Phi) is 6.84. The zero-order chi connectivity index (χ0) is 25.3. The summed E-state index contributed by atoms with van der Waals surface area (Å²) < 4.78 is 33.3. The highest BCUT2D eigenvalue weighted by atomic mass is 35.5. The molecule has 0 radical (unpaired) electrons. The lowest BCUT2D eigenvalue weighted by atomic mass is 10.1. The minimum absolute atomic E-state index is 0.0958. The zero-order valence-corrected chi connectivity index (χ0v) is 20.6. The number of phenols is 1. The summed E-state index contributed by atoms with van der Waals surface area (Å²) in [7, 11) is -3.06. The van der Waals surface area contributed by atoms with Crippen LogP contribution < -0.4 is 4.90 Å². The number of esters is 1. The van der Waals surface area contributed by atoms with Crippen LogP contribution in [0.3, 0.4) is 0 Å². The van der Waals surface area contributed by atoms with Crippen LogP contribution in [0.5, 0.6) is 5.75 Å². The van der Waals surface area contributed by atoms with Crippen LogP contribution in [0.1, 0.15) is 21.5 Å². The van der Waals surface area contributed by atoms with E-state index in [2.05, 4.69) is 0 Å². The van der Waals surface area contributed by atoms with Gasteiger partial charge < -0.3 is 14.7 Å². The lowest BCUT2D eigenvalue weighted by molar-refractivity contribution is -0.144. The largest absolute Gasteiger partial charge is 0.508 e. The van der Waals surface area contributed by atoms with E-state index >= 15 is 0 Å². The number of hydrogen-bond acceptors (Lipinski definition) is 6. The fourth-order valence-electron chi connectivity index (χ4n) is 4.11. The van der Waals surface area contributed by atoms with Gasteiger partial charge in [-0.15, -0.1) is 0 Å². The van der Waals surface area contributed by atoms with Crippen molar-refractivity contribution in [3.8, 4) is 5.75 Å². The first-order valence-corrected chi connectivity index (χ1v) is 12.5. The highest BCUT2D eigenvalue weighted by Gasteiger charge is 2.42. The molecule has 182 valence electrons. The smallest absolute Gasteiger partial charge is 0.326 e. The number of anilines is 1. The minimum atomic E-state index is -4.22. The first kappa shape index (κ1) is 24.7. The molecule has 3 aromatic rings. The predicted molar refractivity (Wildman–Crippen MR) is 131 cm³/mol. The number of fused-ring (bicyclic) bond motifs is 1. The van der Waals surface area contributed by atoms with Gasteiger partial charge in [0.2, 0.25) is 10.0 Å². The number of nitrogens with zero attached hydrogens (tertiary/aromatic N) is 2. The van der Waals surface area contributed by atoms with Crippen LogP contribution in [0.2, 0.25) is 5.02 Å². The Balaban J connectivity index is 1.87. The number of aryl methyl sites for hydroxylation is 1. The first-order valence-electron chi connectivity index (χ1n) is 10.7. The number of halogens is 1. The van der Waals surface area contributed by atoms with Gasteiger partial charge in [0, 0.05) is 12.2 Å². The summed E-state index contributed by atoms with van der Waals surface area (Å²) in [6.07, 6.45) is 0. The Labute approximate surface area is 208 Å². The second kappa shape index (κ2) is 9.69. The topological polar surface area (TPSA) is 104 Å². The van der Waals surface area contributed by atoms with Gasteiger partial charge in [0.15, 0.2) is 0 Å². The summed E-state index contributed by atoms with van der Waals surface area (Å²) in [6, 6.07) is 15.6. The first-order chi connectivity index (χ1) is 16.6. The molecule has 0 aliphatic carbocycles. The number of sulfonamides is 1. The molecule has 35 heavy (non-hydrogen) atoms. The predicted octanol–water partition coefficient (Wildman–Crippen LogP) is 3.75. The van der Waals surface area contributed by atoms with Gasteiger partial charge in [-0.3, -0.25) is 9.59 Å². The van der Waals surface area contributed by atoms with E-state index in [1.54, 1.807) is 49.4 Å². The second-order valence-electron chi connectivity index (χ2n) is 8.06. The van der Waals surface area contributed by atoms with E-state index in [1.807, 2.05) is 0 Å². The van der Waals surface area contributed by atoms with Crippen LogP contribution in [0.15, 0.2) is 71.6 Å². The summed E-state index contributed by atoms with van der Waals surface area (Å²) in [5.74, 6) is -1.37. The normalized spacial score (nSPS) is 16.3. The number of hydrogen-bond donors (Lipinski definition) is 1. The lowest BCUT2D eigenvalue weighted by Crippen LogP contribution is -2.50. The molecular weight excluding hydrogens is 492 g/mol. The Morgan fingerprint density at radius 1 is 1.03 bits per heavy atom. The van der Waals surface area contributed by atoms with Crippen LogP contribution in [-0.2, 0) is 26.1 Å². The van der Waals surface area contributed by atoms with E-state index in [4.69, 9.17) is 16.3 Å². The average molecular weight is 515 g/mol. The van der Waals surface area contributed by atoms with Crippen molar-refractivity contribution < 1.29 is 27.9 Å². The van der Waals surface area contributed by atoms with Crippen LogP contribution in [0.4, 0.5) is 5.69 Å². The summed E-state index contributed by atoms with van der Waals surface area (Å²) in [5, 5.41) is 9.85. The van der Waals surface area contributed by atoms with Crippen LogP contribution >= 0.6 is 11.6 Å². The van der Waals surface area contributed by atoms with Gasteiger partial charge in [0.25, 0.3) is 5.91 Å². The third-order valence-corrected chi connectivity index (χ3v) is 8.09. The number of carbonyl (C=O) groups excluding carboxylic acids is 2. The fourth-order valence-corrected chi connectivity index (χ4v) is 5.96. The average Bonchev–Trinajstić information content (AvgIpc) is 3.01. The highest BCUT2D eigenvalue weighted by Crippen LogP contribution is 2.34. The number of amides is 1. The molecule has 0 spiro atoms. The number of carbonyl (C=O) groups is 2. The molecular formula is C25H23ClN2O6S. The molecule has 1 aliphatic heterocycles. The standard InChI is InChI=1S/C25H23ClN2O6S/c1-16-6-5-8-20(26)23(16)24(30)27-15-22(25(31)34-2)28(14-17-7-3-4-9-21(17)27)35(32,33)19-12-10-18(29)11-13-19/h3-13,22,29H,14-15H2,1-2H3. The molecule has 0 fully saturated rings. The number of phenolic OH excluding ortho intramolecular Hbond substituents is 1. The van der Waals surface area contributed by atoms with Crippen molar-refractivity contribution in [3.63, 3.8) is 0 Å². The van der Waals surface area contributed by atoms with E-state index < -0.39 is 27.9 Å². The van der Waals surface area contributed by atoms with Crippen molar-refractivity contribution in [3.05, 3.63) is 88.4 Å². The van der Waals surface area contributed by atoms with E-state index in [0.29, 0.717) is 16.8 Å². The summed E-state index contributed by atoms with van der Waals surface area (Å²) in [6.45, 7) is 1.29. The van der Waals surface area contributed by atoms with Gasteiger partial charge in [-0.25, -0.2) is 8.42 Å². The second-order valence-corrected chi connectivity index (χ2v) is 10.4. The van der Waals surface area contributed by atoms with Gasteiger partial charge in [-0.1, -0.05) is 41.9 Å². The SMILES string of the molecule is COC(=O)C1CN(C(=O)c2c(C)cccc2Cl)c2ccccc2CN1S(=O)(=O)c1ccc(O)cc1. The zero-order valence-electron chi connectivity index (χ0n) is 19.0. The third kappa shape index (κ3) is 4.62. The quantitative estimate of drug-likeness (QED) is 0.532. The molecule has 0 saturated carbocycles. The molecule has 0 aromatic heterocycles. The lowest BCUT2D eigenvalue weighted by Gasteiger charge is -2.29. The van der Waals surface area contributed by atoms with Gasteiger partial charge in [-0.2, -0.15) is 4.31 Å².